The van der Waals surface area contributed by atoms with Crippen molar-refractivity contribution in [3.8, 4) is 11.5 Å². The molecule has 4 nitrogen and oxygen atoms in total. The van der Waals surface area contributed by atoms with Gasteiger partial charge in [0.15, 0.2) is 23.1 Å². The number of benzene rings is 2. The van der Waals surface area contributed by atoms with Gasteiger partial charge >= 0.3 is 0 Å². The van der Waals surface area contributed by atoms with Crippen LogP contribution < -0.4 is 9.47 Å². The van der Waals surface area contributed by atoms with Gasteiger partial charge in [-0.15, -0.1) is 0 Å². The van der Waals surface area contributed by atoms with Crippen molar-refractivity contribution in [3.05, 3.63) is 83.0 Å². The molecule has 1 aliphatic carbocycles. The molecule has 0 aromatic heterocycles. The van der Waals surface area contributed by atoms with Crippen molar-refractivity contribution < 1.29 is 19.1 Å². The minimum absolute atomic E-state index is 0.193. The minimum Gasteiger partial charge on any atom is -0.485 e. The largest absolute Gasteiger partial charge is 0.485 e. The molecular weight excluding hydrogens is 328 g/mol. The van der Waals surface area contributed by atoms with Crippen molar-refractivity contribution in [3.63, 3.8) is 0 Å². The van der Waals surface area contributed by atoms with Gasteiger partial charge in [0.1, 0.15) is 13.2 Å². The van der Waals surface area contributed by atoms with E-state index in [4.69, 9.17) is 9.47 Å². The van der Waals surface area contributed by atoms with Gasteiger partial charge in [-0.2, -0.15) is 0 Å². The van der Waals surface area contributed by atoms with Gasteiger partial charge in [0.05, 0.1) is 5.56 Å². The molecule has 0 saturated carbocycles. The molecule has 2 aromatic carbocycles. The molecule has 2 aromatic rings. The Bertz CT molecular complexity index is 937. The Morgan fingerprint density at radius 3 is 2.00 bits per heavy atom. The smallest absolute Gasteiger partial charge is 0.198 e. The van der Waals surface area contributed by atoms with Crippen LogP contribution in [0.5, 0.6) is 11.5 Å². The normalized spacial score (nSPS) is 12.2. The maximum atomic E-state index is 13.1. The van der Waals surface area contributed by atoms with Gasteiger partial charge in [-0.25, -0.2) is 0 Å². The lowest BCUT2D eigenvalue weighted by atomic mass is 9.83. The average Bonchev–Trinajstić information content (AvgIpc) is 2.62. The van der Waals surface area contributed by atoms with E-state index in [1.165, 1.54) is 0 Å². The molecule has 0 fully saturated rings. The first kappa shape index (κ1) is 17.7. The van der Waals surface area contributed by atoms with Crippen LogP contribution in [0.2, 0.25) is 0 Å². The van der Waals surface area contributed by atoms with Crippen LogP contribution in [0.4, 0.5) is 0 Å². The third kappa shape index (κ3) is 3.18. The predicted molar refractivity (Wildman–Crippen MR) is 100 cm³/mol. The first-order chi connectivity index (χ1) is 12.4. The number of carbonyl (C=O) groups excluding carboxylic acids is 2. The summed E-state index contributed by atoms with van der Waals surface area (Å²) in [7, 11) is 0. The van der Waals surface area contributed by atoms with Gasteiger partial charge in [0, 0.05) is 16.7 Å². The van der Waals surface area contributed by atoms with E-state index >= 15 is 0 Å². The molecule has 0 bridgehead atoms. The molecule has 0 aliphatic heterocycles. The summed E-state index contributed by atoms with van der Waals surface area (Å²) in [6.07, 6.45) is 0. The Kier molecular flexibility index (Phi) is 4.76. The Morgan fingerprint density at radius 2 is 1.38 bits per heavy atom. The monoisotopic (exact) mass is 348 g/mol. The molecular formula is C22H20O4. The standard InChI is InChI=1S/C22H20O4/c1-13(2)11-25-18-10-9-17-19(22(18)26-12-14(3)4)21(24)16-8-6-5-7-15(16)20(17)23/h5-10H,1,3,11-12H2,2,4H3. The van der Waals surface area contributed by atoms with Crippen molar-refractivity contribution in [2.75, 3.05) is 13.2 Å². The number of ketones is 2. The van der Waals surface area contributed by atoms with Crippen LogP contribution in [0.3, 0.4) is 0 Å². The summed E-state index contributed by atoms with van der Waals surface area (Å²) < 4.78 is 11.6. The molecule has 3 rings (SSSR count). The van der Waals surface area contributed by atoms with Gasteiger partial charge in [-0.05, 0) is 37.1 Å². The highest BCUT2D eigenvalue weighted by Crippen LogP contribution is 2.39. The lowest BCUT2D eigenvalue weighted by Crippen LogP contribution is -2.22. The van der Waals surface area contributed by atoms with Crippen LogP contribution >= 0.6 is 0 Å². The molecule has 1 aliphatic rings. The molecule has 0 radical (unpaired) electrons. The summed E-state index contributed by atoms with van der Waals surface area (Å²) in [6, 6.07) is 10.1. The zero-order valence-corrected chi connectivity index (χ0v) is 14.9. The van der Waals surface area contributed by atoms with Crippen molar-refractivity contribution >= 4 is 11.6 Å². The van der Waals surface area contributed by atoms with E-state index in [1.54, 1.807) is 36.4 Å². The fourth-order valence-electron chi connectivity index (χ4n) is 2.79. The quantitative estimate of drug-likeness (QED) is 0.621. The molecule has 26 heavy (non-hydrogen) atoms. The zero-order chi connectivity index (χ0) is 18.8. The van der Waals surface area contributed by atoms with Crippen LogP contribution in [-0.2, 0) is 0 Å². The lowest BCUT2D eigenvalue weighted by Gasteiger charge is -2.22. The predicted octanol–water partition coefficient (Wildman–Crippen LogP) is 4.37. The summed E-state index contributed by atoms with van der Waals surface area (Å²) in [5, 5.41) is 0. The van der Waals surface area contributed by atoms with E-state index in [2.05, 4.69) is 13.2 Å². The highest BCUT2D eigenvalue weighted by Gasteiger charge is 2.33. The van der Waals surface area contributed by atoms with Crippen molar-refractivity contribution in [2.24, 2.45) is 0 Å². The van der Waals surface area contributed by atoms with E-state index in [1.807, 2.05) is 13.8 Å². The summed E-state index contributed by atoms with van der Waals surface area (Å²) >= 11 is 0. The lowest BCUT2D eigenvalue weighted by molar-refractivity contribution is 0.0975. The van der Waals surface area contributed by atoms with Crippen LogP contribution in [-0.4, -0.2) is 24.8 Å². The van der Waals surface area contributed by atoms with Crippen LogP contribution in [0, 0.1) is 0 Å². The number of hydrogen-bond donors (Lipinski definition) is 0. The molecule has 0 amide bonds. The SMILES string of the molecule is C=C(C)COc1ccc2c(c1OCC(=C)C)C(=O)c1ccccc1C2=O. The van der Waals surface area contributed by atoms with E-state index in [0.717, 1.165) is 11.1 Å². The van der Waals surface area contributed by atoms with Gasteiger partial charge in [0.25, 0.3) is 0 Å². The highest BCUT2D eigenvalue weighted by atomic mass is 16.5. The van der Waals surface area contributed by atoms with Gasteiger partial charge in [-0.3, -0.25) is 9.59 Å². The molecule has 132 valence electrons. The Morgan fingerprint density at radius 1 is 0.808 bits per heavy atom. The maximum Gasteiger partial charge on any atom is 0.198 e. The molecule has 0 saturated heterocycles. The Hall–Kier alpha value is -3.14. The number of rotatable bonds is 6. The molecule has 0 atom stereocenters. The van der Waals surface area contributed by atoms with Crippen molar-refractivity contribution in [1.82, 2.24) is 0 Å². The molecule has 4 heteroatoms. The van der Waals surface area contributed by atoms with Crippen molar-refractivity contribution in [1.29, 1.82) is 0 Å². The summed E-state index contributed by atoms with van der Waals surface area (Å²) in [6.45, 7) is 11.8. The van der Waals surface area contributed by atoms with Crippen LogP contribution in [0.15, 0.2) is 60.7 Å². The fraction of sp³-hybridized carbons (Fsp3) is 0.182. The second-order valence-corrected chi connectivity index (χ2v) is 6.51. The zero-order valence-electron chi connectivity index (χ0n) is 14.9. The summed E-state index contributed by atoms with van der Waals surface area (Å²) in [5.74, 6) is 0.252. The van der Waals surface area contributed by atoms with Gasteiger partial charge < -0.3 is 9.47 Å². The van der Waals surface area contributed by atoms with Crippen molar-refractivity contribution in [2.45, 2.75) is 13.8 Å². The first-order valence-corrected chi connectivity index (χ1v) is 8.30. The average molecular weight is 348 g/mol. The topological polar surface area (TPSA) is 52.6 Å². The molecule has 0 heterocycles. The number of ether oxygens (including phenoxy) is 2. The number of hydrogen-bond acceptors (Lipinski definition) is 4. The Balaban J connectivity index is 2.15. The minimum atomic E-state index is -0.243. The van der Waals surface area contributed by atoms with E-state index in [0.29, 0.717) is 29.0 Å². The van der Waals surface area contributed by atoms with E-state index in [9.17, 15) is 9.59 Å². The van der Waals surface area contributed by atoms with Crippen LogP contribution in [0.1, 0.15) is 45.7 Å². The third-order valence-corrected chi connectivity index (χ3v) is 3.95. The second-order valence-electron chi connectivity index (χ2n) is 6.51. The fourth-order valence-corrected chi connectivity index (χ4v) is 2.79. The second kappa shape index (κ2) is 7.00. The number of fused-ring (bicyclic) bond motifs is 2. The van der Waals surface area contributed by atoms with Crippen LogP contribution in [0.25, 0.3) is 0 Å². The van der Waals surface area contributed by atoms with Gasteiger partial charge in [-0.1, -0.05) is 37.4 Å². The number of carbonyl (C=O) groups is 2. The summed E-state index contributed by atoms with van der Waals surface area (Å²) in [4.78, 5) is 25.9. The molecule has 0 unspecified atom stereocenters. The Labute approximate surface area is 152 Å². The molecule has 0 N–H and O–H groups in total. The van der Waals surface area contributed by atoms with E-state index in [-0.39, 0.29) is 29.5 Å². The molecule has 0 spiro atoms. The first-order valence-electron chi connectivity index (χ1n) is 8.30. The summed E-state index contributed by atoms with van der Waals surface area (Å²) in [5.41, 5.74) is 2.99. The highest BCUT2D eigenvalue weighted by molar-refractivity contribution is 6.29. The van der Waals surface area contributed by atoms with Gasteiger partial charge in [0.2, 0.25) is 0 Å². The maximum absolute atomic E-state index is 13.1. The third-order valence-electron chi connectivity index (χ3n) is 3.95. The van der Waals surface area contributed by atoms with E-state index < -0.39 is 0 Å².